The lowest BCUT2D eigenvalue weighted by molar-refractivity contribution is 0.0376. The fourth-order valence-corrected chi connectivity index (χ4v) is 8.42. The normalized spacial score (nSPS) is 15.6. The Morgan fingerprint density at radius 1 is 1.02 bits per heavy atom. The summed E-state index contributed by atoms with van der Waals surface area (Å²) in [6.45, 7) is 9.19. The molecule has 1 aromatic heterocycles. The fourth-order valence-electron chi connectivity index (χ4n) is 5.84. The van der Waals surface area contributed by atoms with Crippen molar-refractivity contribution >= 4 is 60.7 Å². The van der Waals surface area contributed by atoms with E-state index in [0.29, 0.717) is 23.8 Å². The molecule has 1 fully saturated rings. The number of anilines is 2. The molecular formula is C32H37ClN4O4S2. The molecule has 2 aliphatic rings. The third-order valence-electron chi connectivity index (χ3n) is 8.00. The van der Waals surface area contributed by atoms with Crippen LogP contribution in [-0.4, -0.2) is 70.1 Å². The van der Waals surface area contributed by atoms with Crippen LogP contribution in [0.1, 0.15) is 39.9 Å². The number of aromatic nitrogens is 1. The van der Waals surface area contributed by atoms with Crippen LogP contribution >= 0.6 is 23.7 Å². The van der Waals surface area contributed by atoms with Gasteiger partial charge in [-0.15, -0.1) is 12.4 Å². The molecule has 0 N–H and O–H groups in total. The first-order chi connectivity index (χ1) is 20.3. The third-order valence-corrected chi connectivity index (χ3v) is 11.1. The largest absolute Gasteiger partial charge is 0.379 e. The summed E-state index contributed by atoms with van der Waals surface area (Å²) in [6, 6.07) is 18.2. The van der Waals surface area contributed by atoms with Crippen LogP contribution < -0.4 is 9.21 Å². The summed E-state index contributed by atoms with van der Waals surface area (Å²) in [5.74, 6) is -0.183. The van der Waals surface area contributed by atoms with Gasteiger partial charge in [0.25, 0.3) is 15.9 Å². The van der Waals surface area contributed by atoms with E-state index in [9.17, 15) is 13.2 Å². The topological polar surface area (TPSA) is 83.0 Å². The molecule has 2 aliphatic heterocycles. The second-order valence-electron chi connectivity index (χ2n) is 11.0. The molecule has 6 rings (SSSR count). The number of amides is 1. The van der Waals surface area contributed by atoms with Crippen molar-refractivity contribution in [2.24, 2.45) is 0 Å². The minimum Gasteiger partial charge on any atom is -0.379 e. The van der Waals surface area contributed by atoms with Gasteiger partial charge in [0.1, 0.15) is 0 Å². The molecule has 3 heterocycles. The Kier molecular flexibility index (Phi) is 9.73. The molecule has 0 unspecified atom stereocenters. The minimum atomic E-state index is -3.76. The first-order valence-corrected chi connectivity index (χ1v) is 16.8. The third kappa shape index (κ3) is 6.58. The quantitative estimate of drug-likeness (QED) is 0.241. The van der Waals surface area contributed by atoms with E-state index in [1.54, 1.807) is 29.2 Å². The Morgan fingerprint density at radius 3 is 2.53 bits per heavy atom. The average Bonchev–Trinajstić information content (AvgIpc) is 3.43. The first-order valence-electron chi connectivity index (χ1n) is 14.5. The zero-order valence-electron chi connectivity index (χ0n) is 24.5. The van der Waals surface area contributed by atoms with Crippen LogP contribution in [0.25, 0.3) is 10.2 Å². The van der Waals surface area contributed by atoms with E-state index in [-0.39, 0.29) is 23.2 Å². The Morgan fingerprint density at radius 2 is 1.77 bits per heavy atom. The number of nitrogens with zero attached hydrogens (tertiary/aromatic N) is 4. The average molecular weight is 641 g/mol. The monoisotopic (exact) mass is 640 g/mol. The summed E-state index contributed by atoms with van der Waals surface area (Å²) in [4.78, 5) is 23.1. The van der Waals surface area contributed by atoms with Crippen LogP contribution in [0.15, 0.2) is 65.6 Å². The molecule has 0 bridgehead atoms. The van der Waals surface area contributed by atoms with Gasteiger partial charge in [0.2, 0.25) is 0 Å². The molecule has 228 valence electrons. The van der Waals surface area contributed by atoms with Crippen molar-refractivity contribution in [3.05, 3.63) is 82.9 Å². The van der Waals surface area contributed by atoms with Crippen molar-refractivity contribution in [3.63, 3.8) is 0 Å². The van der Waals surface area contributed by atoms with Crippen LogP contribution in [0.3, 0.4) is 0 Å². The number of hydrogen-bond donors (Lipinski definition) is 0. The van der Waals surface area contributed by atoms with E-state index in [0.717, 1.165) is 84.7 Å². The molecule has 43 heavy (non-hydrogen) atoms. The number of carbonyl (C=O) groups is 1. The smallest absolute Gasteiger partial charge is 0.264 e. The van der Waals surface area contributed by atoms with Gasteiger partial charge in [0.15, 0.2) is 5.13 Å². The number of rotatable bonds is 8. The Bertz CT molecular complexity index is 1700. The molecule has 8 nitrogen and oxygen atoms in total. The van der Waals surface area contributed by atoms with Crippen molar-refractivity contribution in [2.75, 3.05) is 55.1 Å². The van der Waals surface area contributed by atoms with Gasteiger partial charge in [0, 0.05) is 38.3 Å². The predicted molar refractivity (Wildman–Crippen MR) is 176 cm³/mol. The molecule has 3 aromatic carbocycles. The van der Waals surface area contributed by atoms with Gasteiger partial charge in [-0.1, -0.05) is 35.6 Å². The Hall–Kier alpha value is -3.02. The van der Waals surface area contributed by atoms with Gasteiger partial charge in [-0.05, 0) is 86.2 Å². The second-order valence-corrected chi connectivity index (χ2v) is 13.9. The molecule has 0 aliphatic carbocycles. The lowest BCUT2D eigenvalue weighted by Crippen LogP contribution is -2.39. The zero-order chi connectivity index (χ0) is 29.3. The summed E-state index contributed by atoms with van der Waals surface area (Å²) >= 11 is 1.53. The number of hydrogen-bond acceptors (Lipinski definition) is 7. The highest BCUT2D eigenvalue weighted by Gasteiger charge is 2.29. The minimum absolute atomic E-state index is 0. The standard InChI is InChI=1S/C32H36N4O4S2.ClH/c1-23-21-24(2)30-28(22-23)33-32(41-30)35(15-6-14-34-17-19-40-20-18-34)31(37)26-10-12-27(13-11-26)42(38,39)36-16-5-8-25-7-3-4-9-29(25)36;/h3-4,7,9-13,21-22H,5-6,8,14-20H2,1-2H3;1H. The number of aryl methyl sites for hydroxylation is 3. The molecular weight excluding hydrogens is 604 g/mol. The van der Waals surface area contributed by atoms with E-state index in [4.69, 9.17) is 9.72 Å². The molecule has 11 heteroatoms. The fraction of sp³-hybridized carbons (Fsp3) is 0.375. The first kappa shape index (κ1) is 31.4. The van der Waals surface area contributed by atoms with Crippen molar-refractivity contribution in [1.82, 2.24) is 9.88 Å². The molecule has 0 spiro atoms. The summed E-state index contributed by atoms with van der Waals surface area (Å²) in [5.41, 5.74) is 5.37. The van der Waals surface area contributed by atoms with Gasteiger partial charge in [-0.25, -0.2) is 13.4 Å². The van der Waals surface area contributed by atoms with Crippen molar-refractivity contribution in [1.29, 1.82) is 0 Å². The highest BCUT2D eigenvalue weighted by atomic mass is 35.5. The molecule has 1 saturated heterocycles. The summed E-state index contributed by atoms with van der Waals surface area (Å²) in [7, 11) is -3.76. The van der Waals surface area contributed by atoms with Crippen LogP contribution in [0.5, 0.6) is 0 Å². The summed E-state index contributed by atoms with van der Waals surface area (Å²) < 4.78 is 35.3. The number of para-hydroxylation sites is 1. The maximum Gasteiger partial charge on any atom is 0.264 e. The van der Waals surface area contributed by atoms with Gasteiger partial charge < -0.3 is 4.74 Å². The van der Waals surface area contributed by atoms with Gasteiger partial charge in [-0.3, -0.25) is 18.9 Å². The molecule has 0 atom stereocenters. The number of fused-ring (bicyclic) bond motifs is 2. The second kappa shape index (κ2) is 13.3. The van der Waals surface area contributed by atoms with Gasteiger partial charge in [-0.2, -0.15) is 0 Å². The van der Waals surface area contributed by atoms with Gasteiger partial charge in [0.05, 0.1) is 34.0 Å². The van der Waals surface area contributed by atoms with E-state index in [2.05, 4.69) is 30.9 Å². The van der Waals surface area contributed by atoms with Crippen LogP contribution in [0.2, 0.25) is 0 Å². The maximum absolute atomic E-state index is 14.0. The SMILES string of the molecule is Cc1cc(C)c2sc(N(CCCN3CCOCC3)C(=O)c3ccc(S(=O)(=O)N4CCCc5ccccc54)cc3)nc2c1.Cl. The van der Waals surface area contributed by atoms with Crippen LogP contribution in [0.4, 0.5) is 10.8 Å². The van der Waals surface area contributed by atoms with Crippen molar-refractivity contribution in [2.45, 2.75) is 38.0 Å². The molecule has 1 amide bonds. The van der Waals surface area contributed by atoms with Gasteiger partial charge >= 0.3 is 0 Å². The number of benzene rings is 3. The number of halogens is 1. The molecule has 0 radical (unpaired) electrons. The lowest BCUT2D eigenvalue weighted by Gasteiger charge is -2.30. The molecule has 0 saturated carbocycles. The number of ether oxygens (including phenoxy) is 1. The van der Waals surface area contributed by atoms with E-state index < -0.39 is 10.0 Å². The highest BCUT2D eigenvalue weighted by molar-refractivity contribution is 7.92. The van der Waals surface area contributed by atoms with E-state index in [1.807, 2.05) is 24.3 Å². The Balaban J connectivity index is 0.00000368. The zero-order valence-corrected chi connectivity index (χ0v) is 26.9. The molecule has 4 aromatic rings. The summed E-state index contributed by atoms with van der Waals surface area (Å²) in [5, 5.41) is 0.660. The van der Waals surface area contributed by atoms with E-state index >= 15 is 0 Å². The Labute approximate surface area is 263 Å². The number of morpholine rings is 1. The number of carbonyl (C=O) groups excluding carboxylic acids is 1. The lowest BCUT2D eigenvalue weighted by atomic mass is 10.0. The van der Waals surface area contributed by atoms with Crippen LogP contribution in [0, 0.1) is 13.8 Å². The van der Waals surface area contributed by atoms with Crippen LogP contribution in [-0.2, 0) is 21.2 Å². The van der Waals surface area contributed by atoms with Crippen molar-refractivity contribution in [3.8, 4) is 0 Å². The number of thiazole rings is 1. The van der Waals surface area contributed by atoms with E-state index in [1.165, 1.54) is 15.6 Å². The maximum atomic E-state index is 14.0. The number of sulfonamides is 1. The predicted octanol–water partition coefficient (Wildman–Crippen LogP) is 5.85. The van der Waals surface area contributed by atoms with Crippen molar-refractivity contribution < 1.29 is 17.9 Å². The summed E-state index contributed by atoms with van der Waals surface area (Å²) in [6.07, 6.45) is 2.43. The highest BCUT2D eigenvalue weighted by Crippen LogP contribution is 2.34.